The third-order valence-corrected chi connectivity index (χ3v) is 4.44. The zero-order chi connectivity index (χ0) is 16.4. The Kier molecular flexibility index (Phi) is 4.39. The van der Waals surface area contributed by atoms with Crippen molar-refractivity contribution in [2.24, 2.45) is 10.4 Å². The third-order valence-electron chi connectivity index (χ3n) is 4.44. The van der Waals surface area contributed by atoms with Gasteiger partial charge in [-0.25, -0.2) is 4.99 Å². The van der Waals surface area contributed by atoms with Gasteiger partial charge in [0.25, 0.3) is 0 Å². The van der Waals surface area contributed by atoms with E-state index in [0.717, 1.165) is 30.6 Å². The molecule has 0 aliphatic carbocycles. The van der Waals surface area contributed by atoms with Crippen molar-refractivity contribution >= 4 is 17.5 Å². The molecule has 2 N–H and O–H groups in total. The lowest BCUT2D eigenvalue weighted by molar-refractivity contribution is -0.117. The minimum absolute atomic E-state index is 0.0147. The minimum Gasteiger partial charge on any atom is -0.475 e. The molecule has 0 bridgehead atoms. The first-order valence-corrected chi connectivity index (χ1v) is 8.29. The molecule has 1 aromatic carbocycles. The maximum absolute atomic E-state index is 12.4. The highest BCUT2D eigenvalue weighted by atomic mass is 16.5. The summed E-state index contributed by atoms with van der Waals surface area (Å²) < 4.78 is 5.81. The normalized spacial score (nSPS) is 24.2. The largest absolute Gasteiger partial charge is 0.475 e. The standard InChI is InChI=1S/C18H25N3O2/c1-18(2,3)15-11-23-17(21-15)12-7-4-5-8-13(12)20-16(22)14-9-6-10-19-14/h4-5,7-8,14-15,19H,6,9-11H2,1-3H3,(H,20,22)/t14-,15+/m0/s1. The molecule has 2 aliphatic rings. The van der Waals surface area contributed by atoms with Crippen molar-refractivity contribution in [3.8, 4) is 0 Å². The fourth-order valence-corrected chi connectivity index (χ4v) is 2.87. The van der Waals surface area contributed by atoms with E-state index in [2.05, 4.69) is 31.4 Å². The first-order valence-electron chi connectivity index (χ1n) is 8.29. The van der Waals surface area contributed by atoms with Crippen LogP contribution in [0.2, 0.25) is 0 Å². The van der Waals surface area contributed by atoms with Gasteiger partial charge in [-0.3, -0.25) is 4.79 Å². The van der Waals surface area contributed by atoms with Gasteiger partial charge < -0.3 is 15.4 Å². The number of rotatable bonds is 3. The van der Waals surface area contributed by atoms with Gasteiger partial charge in [0.15, 0.2) is 0 Å². The van der Waals surface area contributed by atoms with Crippen molar-refractivity contribution < 1.29 is 9.53 Å². The predicted molar refractivity (Wildman–Crippen MR) is 91.8 cm³/mol. The van der Waals surface area contributed by atoms with Crippen molar-refractivity contribution in [1.29, 1.82) is 0 Å². The third kappa shape index (κ3) is 3.55. The number of hydrogen-bond acceptors (Lipinski definition) is 4. The lowest BCUT2D eigenvalue weighted by Gasteiger charge is -2.21. The van der Waals surface area contributed by atoms with Crippen molar-refractivity contribution in [2.45, 2.75) is 45.7 Å². The van der Waals surface area contributed by atoms with Gasteiger partial charge in [0.05, 0.1) is 23.3 Å². The topological polar surface area (TPSA) is 62.7 Å². The second kappa shape index (κ2) is 6.32. The fourth-order valence-electron chi connectivity index (χ4n) is 2.87. The average molecular weight is 315 g/mol. The number of anilines is 1. The van der Waals surface area contributed by atoms with E-state index in [4.69, 9.17) is 9.73 Å². The van der Waals surface area contributed by atoms with Gasteiger partial charge in [0, 0.05) is 0 Å². The van der Waals surface area contributed by atoms with E-state index < -0.39 is 0 Å². The molecule has 124 valence electrons. The van der Waals surface area contributed by atoms with Crippen molar-refractivity contribution in [3.63, 3.8) is 0 Å². The van der Waals surface area contributed by atoms with Gasteiger partial charge >= 0.3 is 0 Å². The number of hydrogen-bond donors (Lipinski definition) is 2. The molecule has 1 aromatic rings. The SMILES string of the molecule is CC(C)(C)[C@H]1COC(c2ccccc2NC(=O)[C@@H]2CCCN2)=N1. The van der Waals surface area contributed by atoms with Crippen LogP contribution in [0, 0.1) is 5.41 Å². The number of carbonyl (C=O) groups excluding carboxylic acids is 1. The van der Waals surface area contributed by atoms with E-state index in [1.165, 1.54) is 0 Å². The van der Waals surface area contributed by atoms with E-state index >= 15 is 0 Å². The quantitative estimate of drug-likeness (QED) is 0.901. The van der Waals surface area contributed by atoms with Gasteiger partial charge in [-0.2, -0.15) is 0 Å². The number of para-hydroxylation sites is 1. The second-order valence-corrected chi connectivity index (χ2v) is 7.31. The minimum atomic E-state index is -0.100. The van der Waals surface area contributed by atoms with Gasteiger partial charge in [-0.15, -0.1) is 0 Å². The van der Waals surface area contributed by atoms with E-state index in [0.29, 0.717) is 12.5 Å². The number of benzene rings is 1. The summed E-state index contributed by atoms with van der Waals surface area (Å²) in [7, 11) is 0. The summed E-state index contributed by atoms with van der Waals surface area (Å²) in [6.07, 6.45) is 1.93. The highest BCUT2D eigenvalue weighted by Gasteiger charge is 2.31. The predicted octanol–water partition coefficient (Wildman–Crippen LogP) is 2.57. The lowest BCUT2D eigenvalue weighted by atomic mass is 9.88. The Bertz CT molecular complexity index is 613. The summed E-state index contributed by atoms with van der Waals surface area (Å²) in [4.78, 5) is 17.1. The van der Waals surface area contributed by atoms with Crippen LogP contribution in [0.15, 0.2) is 29.3 Å². The molecule has 0 saturated carbocycles. The highest BCUT2D eigenvalue weighted by Crippen LogP contribution is 2.29. The average Bonchev–Trinajstić information content (AvgIpc) is 3.19. The number of amides is 1. The summed E-state index contributed by atoms with van der Waals surface area (Å²) in [6.45, 7) is 7.97. The van der Waals surface area contributed by atoms with Gasteiger partial charge in [-0.05, 0) is 36.9 Å². The smallest absolute Gasteiger partial charge is 0.241 e. The van der Waals surface area contributed by atoms with Crippen LogP contribution in [0.3, 0.4) is 0 Å². The first-order chi connectivity index (χ1) is 10.9. The first kappa shape index (κ1) is 16.0. The maximum Gasteiger partial charge on any atom is 0.241 e. The zero-order valence-corrected chi connectivity index (χ0v) is 14.1. The molecule has 0 radical (unpaired) electrons. The number of aliphatic imine (C=N–C) groups is 1. The number of nitrogens with zero attached hydrogens (tertiary/aromatic N) is 1. The van der Waals surface area contributed by atoms with Crippen LogP contribution >= 0.6 is 0 Å². The summed E-state index contributed by atoms with van der Waals surface area (Å²) in [5.41, 5.74) is 1.68. The molecule has 1 saturated heterocycles. The molecule has 1 fully saturated rings. The molecule has 5 heteroatoms. The summed E-state index contributed by atoms with van der Waals surface area (Å²) in [5.74, 6) is 0.640. The molecule has 0 unspecified atom stereocenters. The second-order valence-electron chi connectivity index (χ2n) is 7.31. The van der Waals surface area contributed by atoms with Gasteiger partial charge in [0.1, 0.15) is 6.61 Å². The molecule has 1 amide bonds. The van der Waals surface area contributed by atoms with Crippen LogP contribution in [0.1, 0.15) is 39.2 Å². The number of nitrogens with one attached hydrogen (secondary N) is 2. The van der Waals surface area contributed by atoms with Crippen LogP contribution < -0.4 is 10.6 Å². The Balaban J connectivity index is 1.80. The van der Waals surface area contributed by atoms with E-state index in [1.54, 1.807) is 0 Å². The Morgan fingerprint density at radius 2 is 2.13 bits per heavy atom. The summed E-state index contributed by atoms with van der Waals surface area (Å²) >= 11 is 0. The Hall–Kier alpha value is -1.88. The van der Waals surface area contributed by atoms with E-state index in [9.17, 15) is 4.79 Å². The van der Waals surface area contributed by atoms with Crippen LogP contribution in [-0.4, -0.2) is 37.0 Å². The molecule has 23 heavy (non-hydrogen) atoms. The zero-order valence-electron chi connectivity index (χ0n) is 14.1. The molecular formula is C18H25N3O2. The Labute approximate surface area is 137 Å². The monoisotopic (exact) mass is 315 g/mol. The Morgan fingerprint density at radius 3 is 2.78 bits per heavy atom. The lowest BCUT2D eigenvalue weighted by Crippen LogP contribution is -2.35. The van der Waals surface area contributed by atoms with Crippen molar-refractivity contribution in [2.75, 3.05) is 18.5 Å². The van der Waals surface area contributed by atoms with Crippen LogP contribution in [0.5, 0.6) is 0 Å². The van der Waals surface area contributed by atoms with Crippen LogP contribution in [0.25, 0.3) is 0 Å². The summed E-state index contributed by atoms with van der Waals surface area (Å²) in [5, 5.41) is 6.24. The molecule has 2 aliphatic heterocycles. The molecule has 0 spiro atoms. The van der Waals surface area contributed by atoms with Crippen molar-refractivity contribution in [3.05, 3.63) is 29.8 Å². The van der Waals surface area contributed by atoms with E-state index in [1.807, 2.05) is 24.3 Å². The number of carbonyl (C=O) groups is 1. The molecule has 2 atom stereocenters. The molecule has 0 aromatic heterocycles. The molecule has 3 rings (SSSR count). The molecular weight excluding hydrogens is 290 g/mol. The van der Waals surface area contributed by atoms with Crippen LogP contribution in [-0.2, 0) is 9.53 Å². The molecule has 5 nitrogen and oxygen atoms in total. The Morgan fingerprint density at radius 1 is 1.35 bits per heavy atom. The van der Waals surface area contributed by atoms with Crippen LogP contribution in [0.4, 0.5) is 5.69 Å². The fraction of sp³-hybridized carbons (Fsp3) is 0.556. The van der Waals surface area contributed by atoms with Crippen molar-refractivity contribution in [1.82, 2.24) is 5.32 Å². The number of ether oxygens (including phenoxy) is 1. The molecule has 2 heterocycles. The van der Waals surface area contributed by atoms with Gasteiger partial charge in [-0.1, -0.05) is 32.9 Å². The summed E-state index contributed by atoms with van der Waals surface area (Å²) in [6, 6.07) is 7.74. The maximum atomic E-state index is 12.4. The van der Waals surface area contributed by atoms with Gasteiger partial charge in [0.2, 0.25) is 11.8 Å². The van der Waals surface area contributed by atoms with E-state index in [-0.39, 0.29) is 23.4 Å². The highest BCUT2D eigenvalue weighted by molar-refractivity contribution is 6.05.